The molecule has 0 atom stereocenters. The third-order valence-corrected chi connectivity index (χ3v) is 1.33. The van der Waals surface area contributed by atoms with Crippen LogP contribution in [0.4, 0.5) is 5.88 Å². The molecule has 1 aliphatic rings. The zero-order chi connectivity index (χ0) is 6.10. The van der Waals surface area contributed by atoms with Gasteiger partial charge in [-0.15, -0.1) is 0 Å². The number of oxazole rings is 1. The average molecular weight is 125 g/mol. The molecule has 0 fully saturated rings. The number of fused-ring (bicyclic) bond motifs is 1. The zero-order valence-electron chi connectivity index (χ0n) is 4.85. The van der Waals surface area contributed by atoms with Gasteiger partial charge in [0.1, 0.15) is 5.69 Å². The summed E-state index contributed by atoms with van der Waals surface area (Å²) in [7, 11) is 0. The van der Waals surface area contributed by atoms with E-state index in [1.54, 1.807) is 0 Å². The maximum Gasteiger partial charge on any atom is 0.230 e. The Morgan fingerprint density at radius 2 is 2.67 bits per heavy atom. The molecule has 0 saturated heterocycles. The molecule has 9 heavy (non-hydrogen) atoms. The van der Waals surface area contributed by atoms with Gasteiger partial charge in [0.05, 0.1) is 0 Å². The van der Waals surface area contributed by atoms with Crippen LogP contribution < -0.4 is 10.9 Å². The van der Waals surface area contributed by atoms with E-state index in [9.17, 15) is 0 Å². The fraction of sp³-hybridized carbons (Fsp3) is 0.400. The summed E-state index contributed by atoms with van der Waals surface area (Å²) >= 11 is 0. The molecule has 0 saturated carbocycles. The number of anilines is 1. The lowest BCUT2D eigenvalue weighted by atomic mass is 10.3. The number of aromatic nitrogens is 1. The Balaban J connectivity index is 2.39. The lowest BCUT2D eigenvalue weighted by Crippen LogP contribution is -2.28. The number of nitrogens with zero attached hydrogens (tertiary/aromatic N) is 1. The molecule has 0 radical (unpaired) electrons. The molecule has 1 aromatic heterocycles. The number of nitrogens with one attached hydrogen (secondary N) is 2. The molecule has 2 rings (SSSR count). The zero-order valence-corrected chi connectivity index (χ0v) is 4.85. The van der Waals surface area contributed by atoms with Crippen LogP contribution in [0.2, 0.25) is 0 Å². The van der Waals surface area contributed by atoms with Crippen molar-refractivity contribution < 1.29 is 4.42 Å². The standard InChI is InChI=1S/C5H7N3O/c1-2-7-8-5-4(1)6-3-9-5/h3,7-8H,1-2H2. The number of hydrogen-bond donors (Lipinski definition) is 2. The second-order valence-corrected chi connectivity index (χ2v) is 1.93. The van der Waals surface area contributed by atoms with Crippen molar-refractivity contribution in [1.82, 2.24) is 10.4 Å². The Bertz CT molecular complexity index is 187. The van der Waals surface area contributed by atoms with E-state index in [2.05, 4.69) is 15.8 Å². The largest absolute Gasteiger partial charge is 0.426 e. The van der Waals surface area contributed by atoms with Crippen LogP contribution in [0.25, 0.3) is 0 Å². The van der Waals surface area contributed by atoms with Gasteiger partial charge in [0, 0.05) is 13.0 Å². The summed E-state index contributed by atoms with van der Waals surface area (Å²) in [4.78, 5) is 3.99. The van der Waals surface area contributed by atoms with Crippen LogP contribution in [-0.2, 0) is 6.42 Å². The maximum atomic E-state index is 4.97. The third-order valence-electron chi connectivity index (χ3n) is 1.33. The van der Waals surface area contributed by atoms with Gasteiger partial charge >= 0.3 is 0 Å². The lowest BCUT2D eigenvalue weighted by Gasteiger charge is -2.10. The first-order valence-corrected chi connectivity index (χ1v) is 2.88. The molecule has 4 heteroatoms. The van der Waals surface area contributed by atoms with E-state index in [0.717, 1.165) is 24.5 Å². The molecule has 2 N–H and O–H groups in total. The van der Waals surface area contributed by atoms with Crippen molar-refractivity contribution in [3.63, 3.8) is 0 Å². The second kappa shape index (κ2) is 1.73. The molecule has 0 bridgehead atoms. The first kappa shape index (κ1) is 4.81. The van der Waals surface area contributed by atoms with Crippen LogP contribution in [0, 0.1) is 0 Å². The number of hydrogen-bond acceptors (Lipinski definition) is 4. The fourth-order valence-electron chi connectivity index (χ4n) is 0.873. The minimum atomic E-state index is 0.751. The fourth-order valence-corrected chi connectivity index (χ4v) is 0.873. The SMILES string of the molecule is c1nc2c(o1)NNCC2. The highest BCUT2D eigenvalue weighted by Gasteiger charge is 2.10. The van der Waals surface area contributed by atoms with E-state index < -0.39 is 0 Å². The predicted molar refractivity (Wildman–Crippen MR) is 31.8 cm³/mol. The lowest BCUT2D eigenvalue weighted by molar-refractivity contribution is 0.550. The van der Waals surface area contributed by atoms with Crippen molar-refractivity contribution >= 4 is 5.88 Å². The molecule has 1 aromatic rings. The molecule has 0 spiro atoms. The Kier molecular flexibility index (Phi) is 0.927. The van der Waals surface area contributed by atoms with E-state index in [-0.39, 0.29) is 0 Å². The van der Waals surface area contributed by atoms with Crippen molar-refractivity contribution in [2.75, 3.05) is 12.0 Å². The summed E-state index contributed by atoms with van der Waals surface area (Å²) in [5.74, 6) is 0.751. The molecule has 0 aliphatic carbocycles. The van der Waals surface area contributed by atoms with Gasteiger partial charge in [0.15, 0.2) is 6.39 Å². The summed E-state index contributed by atoms with van der Waals surface area (Å²) in [5, 5.41) is 0. The van der Waals surface area contributed by atoms with Crippen LogP contribution in [0.15, 0.2) is 10.8 Å². The van der Waals surface area contributed by atoms with Gasteiger partial charge in [-0.25, -0.2) is 10.4 Å². The summed E-state index contributed by atoms with van der Waals surface area (Å²) in [6.07, 6.45) is 2.39. The summed E-state index contributed by atoms with van der Waals surface area (Å²) in [5.41, 5.74) is 6.81. The smallest absolute Gasteiger partial charge is 0.230 e. The quantitative estimate of drug-likeness (QED) is 0.518. The Morgan fingerprint density at radius 3 is 3.56 bits per heavy atom. The first-order valence-electron chi connectivity index (χ1n) is 2.88. The van der Waals surface area contributed by atoms with Gasteiger partial charge in [0.2, 0.25) is 5.88 Å². The van der Waals surface area contributed by atoms with Crippen molar-refractivity contribution in [2.24, 2.45) is 0 Å². The molecule has 1 aliphatic heterocycles. The van der Waals surface area contributed by atoms with E-state index in [4.69, 9.17) is 4.42 Å². The van der Waals surface area contributed by atoms with Crippen LogP contribution in [0.5, 0.6) is 0 Å². The Labute approximate surface area is 52.2 Å². The van der Waals surface area contributed by atoms with Crippen molar-refractivity contribution in [3.05, 3.63) is 12.1 Å². The Hall–Kier alpha value is -1.03. The highest BCUT2D eigenvalue weighted by molar-refractivity contribution is 5.36. The van der Waals surface area contributed by atoms with Crippen LogP contribution in [0.1, 0.15) is 5.69 Å². The van der Waals surface area contributed by atoms with Crippen LogP contribution >= 0.6 is 0 Å². The van der Waals surface area contributed by atoms with Gasteiger partial charge < -0.3 is 4.42 Å². The van der Waals surface area contributed by atoms with Crippen molar-refractivity contribution in [2.45, 2.75) is 6.42 Å². The predicted octanol–water partition coefficient (Wildman–Crippen LogP) is 0.147. The maximum absolute atomic E-state index is 4.97. The van der Waals surface area contributed by atoms with Gasteiger partial charge in [-0.3, -0.25) is 5.43 Å². The highest BCUT2D eigenvalue weighted by atomic mass is 16.4. The van der Waals surface area contributed by atoms with Crippen molar-refractivity contribution in [3.8, 4) is 0 Å². The monoisotopic (exact) mass is 125 g/mol. The molecular formula is C5H7N3O. The molecule has 48 valence electrons. The van der Waals surface area contributed by atoms with Gasteiger partial charge in [0.25, 0.3) is 0 Å². The first-order chi connectivity index (χ1) is 4.47. The molecule has 0 aromatic carbocycles. The van der Waals surface area contributed by atoms with Crippen molar-refractivity contribution in [1.29, 1.82) is 0 Å². The topological polar surface area (TPSA) is 50.1 Å². The van der Waals surface area contributed by atoms with E-state index >= 15 is 0 Å². The highest BCUT2D eigenvalue weighted by Crippen LogP contribution is 2.14. The summed E-state index contributed by atoms with van der Waals surface area (Å²) < 4.78 is 4.97. The molecular weight excluding hydrogens is 118 g/mol. The molecule has 0 unspecified atom stereocenters. The van der Waals surface area contributed by atoms with Crippen LogP contribution in [-0.4, -0.2) is 11.5 Å². The Morgan fingerprint density at radius 1 is 1.67 bits per heavy atom. The number of hydrazine groups is 1. The minimum Gasteiger partial charge on any atom is -0.426 e. The third kappa shape index (κ3) is 0.675. The molecule has 2 heterocycles. The molecule has 0 amide bonds. The van der Waals surface area contributed by atoms with Gasteiger partial charge in [-0.2, -0.15) is 0 Å². The van der Waals surface area contributed by atoms with E-state index in [1.807, 2.05) is 0 Å². The average Bonchev–Trinajstić information content (AvgIpc) is 2.33. The summed E-state index contributed by atoms with van der Waals surface area (Å²) in [6.45, 7) is 0.916. The van der Waals surface area contributed by atoms with Gasteiger partial charge in [-0.1, -0.05) is 0 Å². The van der Waals surface area contributed by atoms with E-state index in [1.165, 1.54) is 6.39 Å². The van der Waals surface area contributed by atoms with E-state index in [0.29, 0.717) is 0 Å². The minimum absolute atomic E-state index is 0.751. The number of rotatable bonds is 0. The van der Waals surface area contributed by atoms with Crippen LogP contribution in [0.3, 0.4) is 0 Å². The normalized spacial score (nSPS) is 16.4. The second-order valence-electron chi connectivity index (χ2n) is 1.93. The molecule has 4 nitrogen and oxygen atoms in total. The summed E-state index contributed by atoms with van der Waals surface area (Å²) in [6, 6.07) is 0. The van der Waals surface area contributed by atoms with Gasteiger partial charge in [-0.05, 0) is 0 Å².